The van der Waals surface area contributed by atoms with E-state index in [-0.39, 0.29) is 11.3 Å². The van der Waals surface area contributed by atoms with Crippen LogP contribution in [0.15, 0.2) is 24.3 Å². The normalized spacial score (nSPS) is 36.8. The van der Waals surface area contributed by atoms with E-state index in [9.17, 15) is 4.79 Å². The van der Waals surface area contributed by atoms with Crippen molar-refractivity contribution in [3.8, 4) is 0 Å². The second kappa shape index (κ2) is 6.02. The molecule has 4 fully saturated rings. The fourth-order valence-corrected chi connectivity index (χ4v) is 7.67. The van der Waals surface area contributed by atoms with Crippen molar-refractivity contribution in [2.24, 2.45) is 17.3 Å². The Kier molecular flexibility index (Phi) is 4.24. The van der Waals surface area contributed by atoms with Gasteiger partial charge >= 0.3 is 0 Å². The molecule has 2 nitrogen and oxygen atoms in total. The van der Waals surface area contributed by atoms with Crippen molar-refractivity contribution in [2.75, 3.05) is 7.05 Å². The summed E-state index contributed by atoms with van der Waals surface area (Å²) in [5.41, 5.74) is 1.26. The number of rotatable bonds is 4. The van der Waals surface area contributed by atoms with Crippen LogP contribution in [0.4, 0.5) is 0 Å². The molecule has 4 aliphatic carbocycles. The van der Waals surface area contributed by atoms with E-state index in [0.29, 0.717) is 17.3 Å². The minimum absolute atomic E-state index is 0.236. The van der Waals surface area contributed by atoms with Crippen LogP contribution in [-0.4, -0.2) is 22.2 Å². The zero-order chi connectivity index (χ0) is 16.9. The molecule has 0 radical (unpaired) electrons. The summed E-state index contributed by atoms with van der Waals surface area (Å²) in [7, 11) is 1.91. The van der Waals surface area contributed by atoms with E-state index >= 15 is 0 Å². The molecule has 0 saturated heterocycles. The minimum Gasteiger partial charge on any atom is -0.341 e. The average molecular weight is 411 g/mol. The molecule has 4 heteroatoms. The number of amides is 1. The molecule has 1 aromatic rings. The van der Waals surface area contributed by atoms with Gasteiger partial charge in [0.2, 0.25) is 5.91 Å². The third kappa shape index (κ3) is 3.14. The fraction of sp³-hybridized carbons (Fsp3) is 0.650. The van der Waals surface area contributed by atoms with E-state index in [1.54, 1.807) is 0 Å². The number of carbonyl (C=O) groups is 1. The Morgan fingerprint density at radius 1 is 1.25 bits per heavy atom. The van der Waals surface area contributed by atoms with E-state index in [1.165, 1.54) is 38.5 Å². The van der Waals surface area contributed by atoms with E-state index in [1.807, 2.05) is 36.2 Å². The number of nitrogens with zero attached hydrogens (tertiary/aromatic N) is 1. The molecule has 0 N–H and O–H groups in total. The van der Waals surface area contributed by atoms with Crippen molar-refractivity contribution < 1.29 is 4.79 Å². The molecular formula is C20H25BrClNO. The Balaban J connectivity index is 1.45. The molecule has 2 unspecified atom stereocenters. The minimum atomic E-state index is 0.236. The Bertz CT molecular complexity index is 647. The molecular weight excluding hydrogens is 386 g/mol. The van der Waals surface area contributed by atoms with Crippen molar-refractivity contribution in [1.82, 2.24) is 4.90 Å². The standard InChI is InChI=1S/C20H25BrClNO/c1-23(12-16-4-2-3-5-17(16)22)18(24)11-19-7-14-6-15(8-19)10-20(21,9-14)13-19/h2-5,14-15H,6-13H2,1H3. The van der Waals surface area contributed by atoms with Crippen LogP contribution < -0.4 is 0 Å². The van der Waals surface area contributed by atoms with Gasteiger partial charge in [-0.15, -0.1) is 0 Å². The van der Waals surface area contributed by atoms with Gasteiger partial charge in [-0.3, -0.25) is 4.79 Å². The first-order valence-corrected chi connectivity index (χ1v) is 10.2. The third-order valence-corrected chi connectivity index (χ3v) is 7.72. The molecule has 0 aromatic heterocycles. The number of halogens is 2. The SMILES string of the molecule is CN(Cc1ccccc1Cl)C(=O)CC12CC3CC(CC(Br)(C3)C1)C2. The third-order valence-electron chi connectivity index (χ3n) is 6.43. The largest absolute Gasteiger partial charge is 0.341 e. The lowest BCUT2D eigenvalue weighted by Gasteiger charge is -2.60. The Labute approximate surface area is 158 Å². The Morgan fingerprint density at radius 2 is 1.92 bits per heavy atom. The van der Waals surface area contributed by atoms with E-state index < -0.39 is 0 Å². The lowest BCUT2D eigenvalue weighted by molar-refractivity contribution is -0.137. The highest BCUT2D eigenvalue weighted by Crippen LogP contribution is 2.65. The number of carbonyl (C=O) groups excluding carboxylic acids is 1. The molecule has 1 aromatic carbocycles. The number of alkyl halides is 1. The molecule has 1 amide bonds. The number of hydrogen-bond acceptors (Lipinski definition) is 1. The second-order valence-corrected chi connectivity index (χ2v) is 10.7. The maximum atomic E-state index is 12.9. The van der Waals surface area contributed by atoms with Gasteiger partial charge in [0.25, 0.3) is 0 Å². The first kappa shape index (κ1) is 16.9. The van der Waals surface area contributed by atoms with Gasteiger partial charge in [0.1, 0.15) is 0 Å². The summed E-state index contributed by atoms with van der Waals surface area (Å²) >= 11 is 10.3. The highest BCUT2D eigenvalue weighted by Gasteiger charge is 2.57. The van der Waals surface area contributed by atoms with Gasteiger partial charge in [0.05, 0.1) is 0 Å². The summed E-state index contributed by atoms with van der Waals surface area (Å²) in [5.74, 6) is 1.92. The van der Waals surface area contributed by atoms with Crippen LogP contribution in [0.2, 0.25) is 5.02 Å². The van der Waals surface area contributed by atoms with Crippen LogP contribution in [0.25, 0.3) is 0 Å². The molecule has 4 aliphatic rings. The molecule has 0 aliphatic heterocycles. The first-order chi connectivity index (χ1) is 11.4. The van der Waals surface area contributed by atoms with Gasteiger partial charge in [0.15, 0.2) is 0 Å². The summed E-state index contributed by atoms with van der Waals surface area (Å²) < 4.78 is 0.318. The van der Waals surface area contributed by atoms with Gasteiger partial charge in [0, 0.05) is 29.4 Å². The molecule has 4 saturated carbocycles. The van der Waals surface area contributed by atoms with E-state index in [2.05, 4.69) is 15.9 Å². The van der Waals surface area contributed by atoms with Crippen molar-refractivity contribution >= 4 is 33.4 Å². The summed E-state index contributed by atoms with van der Waals surface area (Å²) in [6, 6.07) is 7.80. The van der Waals surface area contributed by atoms with Gasteiger partial charge in [-0.2, -0.15) is 0 Å². The molecule has 0 spiro atoms. The van der Waals surface area contributed by atoms with Crippen LogP contribution in [0.1, 0.15) is 50.5 Å². The van der Waals surface area contributed by atoms with E-state index in [4.69, 9.17) is 11.6 Å². The Hall–Kier alpha value is -0.540. The molecule has 0 heterocycles. The highest BCUT2D eigenvalue weighted by atomic mass is 79.9. The smallest absolute Gasteiger partial charge is 0.223 e. The highest BCUT2D eigenvalue weighted by molar-refractivity contribution is 9.10. The van der Waals surface area contributed by atoms with Crippen LogP contribution in [0.5, 0.6) is 0 Å². The molecule has 4 bridgehead atoms. The predicted octanol–water partition coefficient (Wildman–Crippen LogP) is 5.42. The van der Waals surface area contributed by atoms with Crippen LogP contribution >= 0.6 is 27.5 Å². The maximum Gasteiger partial charge on any atom is 0.223 e. The van der Waals surface area contributed by atoms with Crippen molar-refractivity contribution in [1.29, 1.82) is 0 Å². The summed E-state index contributed by atoms with van der Waals surface area (Å²) in [4.78, 5) is 14.8. The molecule has 5 rings (SSSR count). The van der Waals surface area contributed by atoms with Gasteiger partial charge < -0.3 is 4.90 Å². The predicted molar refractivity (Wildman–Crippen MR) is 101 cm³/mol. The molecule has 130 valence electrons. The fourth-order valence-electron chi connectivity index (χ4n) is 5.97. The van der Waals surface area contributed by atoms with Crippen LogP contribution in [0, 0.1) is 17.3 Å². The lowest BCUT2D eigenvalue weighted by Crippen LogP contribution is -2.54. The maximum absolute atomic E-state index is 12.9. The Morgan fingerprint density at radius 3 is 2.54 bits per heavy atom. The zero-order valence-corrected chi connectivity index (χ0v) is 16.6. The molecule has 24 heavy (non-hydrogen) atoms. The average Bonchev–Trinajstić information content (AvgIpc) is 2.46. The topological polar surface area (TPSA) is 20.3 Å². The lowest BCUT2D eigenvalue weighted by atomic mass is 9.48. The van der Waals surface area contributed by atoms with Crippen LogP contribution in [0.3, 0.4) is 0 Å². The first-order valence-electron chi connectivity index (χ1n) is 9.03. The van der Waals surface area contributed by atoms with Gasteiger partial charge in [-0.25, -0.2) is 0 Å². The summed E-state index contributed by atoms with van der Waals surface area (Å²) in [5, 5.41) is 0.742. The zero-order valence-electron chi connectivity index (χ0n) is 14.2. The summed E-state index contributed by atoms with van der Waals surface area (Å²) in [6.07, 6.45) is 8.40. The van der Waals surface area contributed by atoms with Gasteiger partial charge in [-0.1, -0.05) is 45.7 Å². The van der Waals surface area contributed by atoms with E-state index in [0.717, 1.165) is 22.4 Å². The van der Waals surface area contributed by atoms with Crippen molar-refractivity contribution in [2.45, 2.75) is 55.8 Å². The van der Waals surface area contributed by atoms with Gasteiger partial charge in [-0.05, 0) is 67.4 Å². The van der Waals surface area contributed by atoms with Crippen LogP contribution in [-0.2, 0) is 11.3 Å². The monoisotopic (exact) mass is 409 g/mol. The quantitative estimate of drug-likeness (QED) is 0.607. The second-order valence-electron chi connectivity index (χ2n) is 8.63. The van der Waals surface area contributed by atoms with Crippen molar-refractivity contribution in [3.63, 3.8) is 0 Å². The number of hydrogen-bond donors (Lipinski definition) is 0. The summed E-state index contributed by atoms with van der Waals surface area (Å²) in [6.45, 7) is 0.598. The number of benzene rings is 1. The molecule has 2 atom stereocenters. The van der Waals surface area contributed by atoms with Crippen molar-refractivity contribution in [3.05, 3.63) is 34.9 Å².